The van der Waals surface area contributed by atoms with Crippen molar-refractivity contribution in [1.82, 2.24) is 4.98 Å². The number of carbonyl (C=O) groups is 2. The molecule has 0 aromatic carbocycles. The van der Waals surface area contributed by atoms with Crippen molar-refractivity contribution in [1.29, 1.82) is 0 Å². The third-order valence-electron chi connectivity index (χ3n) is 2.90. The summed E-state index contributed by atoms with van der Waals surface area (Å²) in [6.07, 6.45) is 1.17. The third kappa shape index (κ3) is 3.69. The smallest absolute Gasteiger partial charge is 0.413 e. The van der Waals surface area contributed by atoms with E-state index < -0.39 is 17.7 Å². The van der Waals surface area contributed by atoms with Crippen LogP contribution in [0, 0.1) is 5.92 Å². The Balaban J connectivity index is 2.03. The first kappa shape index (κ1) is 14.8. The first-order valence-corrected chi connectivity index (χ1v) is 7.27. The van der Waals surface area contributed by atoms with Gasteiger partial charge in [0.05, 0.1) is 11.6 Å². The summed E-state index contributed by atoms with van der Waals surface area (Å²) < 4.78 is 5.16. The van der Waals surface area contributed by atoms with Crippen LogP contribution in [0.2, 0.25) is 0 Å². The van der Waals surface area contributed by atoms with Crippen molar-refractivity contribution in [2.45, 2.75) is 45.6 Å². The van der Waals surface area contributed by atoms with Gasteiger partial charge >= 0.3 is 12.1 Å². The molecule has 1 atom stereocenters. The van der Waals surface area contributed by atoms with Gasteiger partial charge in [-0.1, -0.05) is 0 Å². The summed E-state index contributed by atoms with van der Waals surface area (Å²) in [5.74, 6) is -1.12. The number of aromatic nitrogens is 1. The Kier molecular flexibility index (Phi) is 3.99. The minimum absolute atomic E-state index is 0.350. The summed E-state index contributed by atoms with van der Waals surface area (Å²) in [6.45, 7) is 5.37. The number of carbonyl (C=O) groups excluding carboxylic acids is 1. The van der Waals surface area contributed by atoms with Gasteiger partial charge in [0.15, 0.2) is 5.13 Å². The number of hydrogen-bond donors (Lipinski definition) is 2. The van der Waals surface area contributed by atoms with Crippen molar-refractivity contribution < 1.29 is 19.4 Å². The normalized spacial score (nSPS) is 18.2. The number of aliphatic carboxylic acids is 1. The second-order valence-electron chi connectivity index (χ2n) is 5.79. The van der Waals surface area contributed by atoms with Crippen LogP contribution in [0.4, 0.5) is 9.93 Å². The van der Waals surface area contributed by atoms with Crippen LogP contribution in [-0.2, 0) is 22.4 Å². The molecule has 0 spiro atoms. The van der Waals surface area contributed by atoms with Gasteiger partial charge in [-0.05, 0) is 40.0 Å². The zero-order valence-electron chi connectivity index (χ0n) is 11.7. The first-order chi connectivity index (χ1) is 9.24. The Morgan fingerprint density at radius 1 is 1.45 bits per heavy atom. The molecule has 6 nitrogen and oxygen atoms in total. The van der Waals surface area contributed by atoms with Crippen molar-refractivity contribution >= 4 is 28.5 Å². The molecule has 2 N–H and O–H groups in total. The molecule has 110 valence electrons. The highest BCUT2D eigenvalue weighted by atomic mass is 32.1. The fourth-order valence-corrected chi connectivity index (χ4v) is 3.10. The van der Waals surface area contributed by atoms with E-state index in [1.165, 1.54) is 11.3 Å². The average molecular weight is 298 g/mol. The lowest BCUT2D eigenvalue weighted by molar-refractivity contribution is -0.142. The van der Waals surface area contributed by atoms with Crippen LogP contribution < -0.4 is 5.32 Å². The molecule has 1 amide bonds. The molecule has 1 aliphatic rings. The van der Waals surface area contributed by atoms with E-state index >= 15 is 0 Å². The van der Waals surface area contributed by atoms with Crippen LogP contribution in [0.1, 0.15) is 37.8 Å². The Labute approximate surface area is 121 Å². The lowest BCUT2D eigenvalue weighted by Crippen LogP contribution is -2.27. The highest BCUT2D eigenvalue weighted by Crippen LogP contribution is 2.32. The van der Waals surface area contributed by atoms with E-state index in [1.54, 1.807) is 20.8 Å². The number of ether oxygens (including phenoxy) is 1. The number of thiazole rings is 1. The van der Waals surface area contributed by atoms with Crippen molar-refractivity contribution in [3.05, 3.63) is 10.6 Å². The van der Waals surface area contributed by atoms with E-state index in [9.17, 15) is 9.59 Å². The minimum Gasteiger partial charge on any atom is -0.481 e. The van der Waals surface area contributed by atoms with E-state index in [1.807, 2.05) is 0 Å². The molecule has 20 heavy (non-hydrogen) atoms. The number of fused-ring (bicyclic) bond motifs is 1. The SMILES string of the molecule is CC(C)(C)OC(=O)Nc1nc2c(s1)C[C@H](C(=O)O)CC2. The van der Waals surface area contributed by atoms with E-state index in [0.29, 0.717) is 24.4 Å². The fraction of sp³-hybridized carbons (Fsp3) is 0.615. The number of carboxylic acid groups (broad SMARTS) is 1. The summed E-state index contributed by atoms with van der Waals surface area (Å²) >= 11 is 1.32. The number of anilines is 1. The molecule has 0 saturated carbocycles. The number of nitrogens with zero attached hydrogens (tertiary/aromatic N) is 1. The molecule has 1 aromatic heterocycles. The summed E-state index contributed by atoms with van der Waals surface area (Å²) in [5, 5.41) is 12.1. The van der Waals surface area contributed by atoms with Crippen LogP contribution in [0.15, 0.2) is 0 Å². The van der Waals surface area contributed by atoms with Gasteiger partial charge in [-0.3, -0.25) is 10.1 Å². The van der Waals surface area contributed by atoms with Crippen LogP contribution in [0.3, 0.4) is 0 Å². The second-order valence-corrected chi connectivity index (χ2v) is 6.88. The van der Waals surface area contributed by atoms with Gasteiger partial charge in [-0.15, -0.1) is 11.3 Å². The van der Waals surface area contributed by atoms with Gasteiger partial charge in [-0.25, -0.2) is 9.78 Å². The third-order valence-corrected chi connectivity index (χ3v) is 3.93. The van der Waals surface area contributed by atoms with E-state index in [-0.39, 0.29) is 5.92 Å². The number of amides is 1. The molecule has 1 aromatic rings. The molecule has 1 heterocycles. The van der Waals surface area contributed by atoms with Crippen LogP contribution in [0.5, 0.6) is 0 Å². The summed E-state index contributed by atoms with van der Waals surface area (Å²) in [6, 6.07) is 0. The predicted molar refractivity (Wildman–Crippen MR) is 75.1 cm³/mol. The quantitative estimate of drug-likeness (QED) is 0.876. The molecule has 7 heteroatoms. The van der Waals surface area contributed by atoms with E-state index in [0.717, 1.165) is 10.6 Å². The summed E-state index contributed by atoms with van der Waals surface area (Å²) in [4.78, 5) is 27.9. The maximum atomic E-state index is 11.7. The van der Waals surface area contributed by atoms with Gasteiger partial charge in [-0.2, -0.15) is 0 Å². The topological polar surface area (TPSA) is 88.5 Å². The Hall–Kier alpha value is -1.63. The molecule has 0 aliphatic heterocycles. The van der Waals surface area contributed by atoms with Crippen molar-refractivity contribution in [2.75, 3.05) is 5.32 Å². The maximum absolute atomic E-state index is 11.7. The minimum atomic E-state index is -0.772. The summed E-state index contributed by atoms with van der Waals surface area (Å²) in [5.41, 5.74) is 0.327. The number of nitrogens with one attached hydrogen (secondary N) is 1. The zero-order chi connectivity index (χ0) is 14.9. The maximum Gasteiger partial charge on any atom is 0.413 e. The standard InChI is InChI=1S/C13H18N2O4S/c1-13(2,3)19-12(18)15-11-14-8-5-4-7(10(16)17)6-9(8)20-11/h7H,4-6H2,1-3H3,(H,16,17)(H,14,15,18)/t7-/m1/s1. The van der Waals surface area contributed by atoms with Gasteiger partial charge in [0, 0.05) is 4.88 Å². The lowest BCUT2D eigenvalue weighted by atomic mass is 9.91. The fourth-order valence-electron chi connectivity index (χ4n) is 2.03. The molecule has 2 rings (SSSR count). The Morgan fingerprint density at radius 3 is 2.75 bits per heavy atom. The number of rotatable bonds is 2. The highest BCUT2D eigenvalue weighted by Gasteiger charge is 2.27. The number of aryl methyl sites for hydroxylation is 1. The average Bonchev–Trinajstić information content (AvgIpc) is 2.66. The van der Waals surface area contributed by atoms with Crippen molar-refractivity contribution in [3.63, 3.8) is 0 Å². The molecule has 1 aliphatic carbocycles. The Morgan fingerprint density at radius 2 is 2.15 bits per heavy atom. The second kappa shape index (κ2) is 5.40. The molecular formula is C13H18N2O4S. The van der Waals surface area contributed by atoms with Gasteiger partial charge < -0.3 is 9.84 Å². The molecule has 0 bridgehead atoms. The molecule has 0 fully saturated rings. The Bertz CT molecular complexity index is 533. The van der Waals surface area contributed by atoms with E-state index in [4.69, 9.17) is 9.84 Å². The molecule has 0 unspecified atom stereocenters. The predicted octanol–water partition coefficient (Wildman–Crippen LogP) is 2.68. The van der Waals surface area contributed by atoms with Crippen LogP contribution >= 0.6 is 11.3 Å². The van der Waals surface area contributed by atoms with Crippen LogP contribution in [-0.4, -0.2) is 27.8 Å². The highest BCUT2D eigenvalue weighted by molar-refractivity contribution is 7.15. The van der Waals surface area contributed by atoms with Crippen LogP contribution in [0.25, 0.3) is 0 Å². The lowest BCUT2D eigenvalue weighted by Gasteiger charge is -2.18. The van der Waals surface area contributed by atoms with Gasteiger partial charge in [0.25, 0.3) is 0 Å². The molecule has 0 saturated heterocycles. The molecule has 0 radical (unpaired) electrons. The van der Waals surface area contributed by atoms with Gasteiger partial charge in [0.2, 0.25) is 0 Å². The number of carboxylic acids is 1. The summed E-state index contributed by atoms with van der Waals surface area (Å²) in [7, 11) is 0. The van der Waals surface area contributed by atoms with Crippen molar-refractivity contribution in [2.24, 2.45) is 5.92 Å². The monoisotopic (exact) mass is 298 g/mol. The van der Waals surface area contributed by atoms with E-state index in [2.05, 4.69) is 10.3 Å². The first-order valence-electron chi connectivity index (χ1n) is 6.46. The van der Waals surface area contributed by atoms with Crippen molar-refractivity contribution in [3.8, 4) is 0 Å². The van der Waals surface area contributed by atoms with Gasteiger partial charge in [0.1, 0.15) is 5.60 Å². The molecular weight excluding hydrogens is 280 g/mol. The number of hydrogen-bond acceptors (Lipinski definition) is 5. The largest absolute Gasteiger partial charge is 0.481 e. The zero-order valence-corrected chi connectivity index (χ0v) is 12.5.